The largest absolute Gasteiger partial charge is 0.320 e. The summed E-state index contributed by atoms with van der Waals surface area (Å²) in [4.78, 5) is 19.8. The Bertz CT molecular complexity index is 586. The molecule has 1 heterocycles. The van der Waals surface area contributed by atoms with Gasteiger partial charge in [0.15, 0.2) is 0 Å². The van der Waals surface area contributed by atoms with Crippen LogP contribution in [0.1, 0.15) is 16.1 Å². The molecule has 18 heavy (non-hydrogen) atoms. The molecule has 1 amide bonds. The molecule has 0 bridgehead atoms. The fraction of sp³-hybridized carbons (Fsp3) is 0.0833. The lowest BCUT2D eigenvalue weighted by Crippen LogP contribution is -2.14. The Balaban J connectivity index is 2.21. The highest BCUT2D eigenvalue weighted by Gasteiger charge is 2.09. The van der Waals surface area contributed by atoms with E-state index in [2.05, 4.69) is 31.2 Å². The summed E-state index contributed by atoms with van der Waals surface area (Å²) in [5.41, 5.74) is 1.84. The number of anilines is 1. The first-order valence-corrected chi connectivity index (χ1v) is 6.28. The maximum atomic E-state index is 11.9. The van der Waals surface area contributed by atoms with Crippen LogP contribution in [0, 0.1) is 6.92 Å². The van der Waals surface area contributed by atoms with Gasteiger partial charge in [-0.05, 0) is 40.5 Å². The first kappa shape index (κ1) is 13.0. The van der Waals surface area contributed by atoms with E-state index in [4.69, 9.17) is 11.6 Å². The van der Waals surface area contributed by atoms with Gasteiger partial charge in [0.25, 0.3) is 5.91 Å². The lowest BCUT2D eigenvalue weighted by atomic mass is 10.2. The van der Waals surface area contributed by atoms with Crippen LogP contribution in [0.5, 0.6) is 0 Å². The number of carbonyl (C=O) groups excluding carboxylic acids is 1. The molecular formula is C12H9BrClN3O. The molecule has 0 spiro atoms. The molecule has 2 rings (SSSR count). The van der Waals surface area contributed by atoms with Gasteiger partial charge in [-0.3, -0.25) is 4.79 Å². The molecule has 0 radical (unpaired) electrons. The third kappa shape index (κ3) is 3.05. The number of aryl methyl sites for hydroxylation is 1. The fourth-order valence-electron chi connectivity index (χ4n) is 1.34. The molecule has 1 N–H and O–H groups in total. The van der Waals surface area contributed by atoms with E-state index in [0.717, 1.165) is 5.56 Å². The number of hydrogen-bond donors (Lipinski definition) is 1. The highest BCUT2D eigenvalue weighted by Crippen LogP contribution is 2.20. The summed E-state index contributed by atoms with van der Waals surface area (Å²) in [5.74, 6) is -0.319. The normalized spacial score (nSPS) is 10.2. The van der Waals surface area contributed by atoms with Crippen molar-refractivity contribution < 1.29 is 4.79 Å². The molecule has 0 saturated heterocycles. The van der Waals surface area contributed by atoms with E-state index in [-0.39, 0.29) is 11.6 Å². The minimum Gasteiger partial charge on any atom is -0.320 e. The minimum atomic E-state index is -0.319. The average Bonchev–Trinajstić information content (AvgIpc) is 2.34. The molecule has 92 valence electrons. The number of benzene rings is 1. The zero-order chi connectivity index (χ0) is 13.1. The molecule has 2 aromatic rings. The number of nitrogens with zero attached hydrogens (tertiary/aromatic N) is 2. The second-order valence-corrected chi connectivity index (χ2v) is 4.89. The quantitative estimate of drug-likeness (QED) is 0.919. The number of rotatable bonds is 2. The summed E-state index contributed by atoms with van der Waals surface area (Å²) in [6.45, 7) is 1.89. The third-order valence-electron chi connectivity index (χ3n) is 2.30. The molecule has 0 unspecified atom stereocenters. The third-order valence-corrected chi connectivity index (χ3v) is 2.95. The lowest BCUT2D eigenvalue weighted by Gasteiger charge is -2.08. The molecule has 1 aromatic carbocycles. The summed E-state index contributed by atoms with van der Waals surface area (Å²) in [6, 6.07) is 5.30. The van der Waals surface area contributed by atoms with E-state index in [0.29, 0.717) is 15.3 Å². The number of amides is 1. The van der Waals surface area contributed by atoms with Crippen molar-refractivity contribution in [1.29, 1.82) is 0 Å². The predicted molar refractivity (Wildman–Crippen MR) is 73.9 cm³/mol. The Labute approximate surface area is 118 Å². The summed E-state index contributed by atoms with van der Waals surface area (Å²) in [5, 5.41) is 3.31. The van der Waals surface area contributed by atoms with E-state index in [1.165, 1.54) is 12.4 Å². The first-order chi connectivity index (χ1) is 8.56. The van der Waals surface area contributed by atoms with Crippen molar-refractivity contribution in [3.8, 4) is 0 Å². The zero-order valence-corrected chi connectivity index (χ0v) is 11.8. The van der Waals surface area contributed by atoms with Crippen molar-refractivity contribution in [2.24, 2.45) is 0 Å². The van der Waals surface area contributed by atoms with Crippen LogP contribution in [0.25, 0.3) is 0 Å². The van der Waals surface area contributed by atoms with Gasteiger partial charge < -0.3 is 5.32 Å². The summed E-state index contributed by atoms with van der Waals surface area (Å²) >= 11 is 9.04. The van der Waals surface area contributed by atoms with E-state index >= 15 is 0 Å². The predicted octanol–water partition coefficient (Wildman–Crippen LogP) is 3.45. The molecular weight excluding hydrogens is 318 g/mol. The van der Waals surface area contributed by atoms with Crippen molar-refractivity contribution in [1.82, 2.24) is 9.97 Å². The van der Waals surface area contributed by atoms with E-state index in [9.17, 15) is 4.79 Å². The second kappa shape index (κ2) is 5.46. The molecule has 1 aromatic heterocycles. The van der Waals surface area contributed by atoms with Crippen LogP contribution in [0.4, 0.5) is 5.69 Å². The van der Waals surface area contributed by atoms with Crippen molar-refractivity contribution in [3.05, 3.63) is 51.5 Å². The molecule has 0 aliphatic rings. The summed E-state index contributed by atoms with van der Waals surface area (Å²) in [7, 11) is 0. The van der Waals surface area contributed by atoms with Gasteiger partial charge in [0.05, 0.1) is 12.4 Å². The number of aromatic nitrogens is 2. The van der Waals surface area contributed by atoms with Crippen molar-refractivity contribution in [3.63, 3.8) is 0 Å². The van der Waals surface area contributed by atoms with Gasteiger partial charge in [-0.15, -0.1) is 0 Å². The number of halogens is 2. The van der Waals surface area contributed by atoms with Crippen molar-refractivity contribution in [2.45, 2.75) is 6.92 Å². The van der Waals surface area contributed by atoms with E-state index < -0.39 is 0 Å². The van der Waals surface area contributed by atoms with Crippen LogP contribution >= 0.6 is 27.5 Å². The zero-order valence-electron chi connectivity index (χ0n) is 9.45. The molecule has 0 aliphatic carbocycles. The highest BCUT2D eigenvalue weighted by atomic mass is 79.9. The van der Waals surface area contributed by atoms with Crippen molar-refractivity contribution in [2.75, 3.05) is 5.32 Å². The molecule has 0 aliphatic heterocycles. The van der Waals surface area contributed by atoms with Gasteiger partial charge in [-0.25, -0.2) is 9.97 Å². The van der Waals surface area contributed by atoms with Crippen molar-refractivity contribution >= 4 is 39.1 Å². The Morgan fingerprint density at radius 3 is 2.78 bits per heavy atom. The van der Waals surface area contributed by atoms with Gasteiger partial charge in [0.1, 0.15) is 10.3 Å². The number of carbonyl (C=O) groups is 1. The van der Waals surface area contributed by atoms with E-state index in [1.54, 1.807) is 12.1 Å². The Hall–Kier alpha value is -1.46. The van der Waals surface area contributed by atoms with Crippen LogP contribution in [-0.2, 0) is 0 Å². The molecule has 6 heteroatoms. The summed E-state index contributed by atoms with van der Waals surface area (Å²) < 4.78 is 0.581. The van der Waals surface area contributed by atoms with Crippen LogP contribution in [0.3, 0.4) is 0 Å². The van der Waals surface area contributed by atoms with Crippen LogP contribution < -0.4 is 5.32 Å². The maximum absolute atomic E-state index is 11.9. The van der Waals surface area contributed by atoms with Crippen LogP contribution in [0.2, 0.25) is 5.02 Å². The maximum Gasteiger partial charge on any atom is 0.275 e. The summed E-state index contributed by atoms with van der Waals surface area (Å²) in [6.07, 6.45) is 2.87. The van der Waals surface area contributed by atoms with Crippen LogP contribution in [-0.4, -0.2) is 15.9 Å². The Kier molecular flexibility index (Phi) is 3.93. The molecule has 4 nitrogen and oxygen atoms in total. The van der Waals surface area contributed by atoms with Gasteiger partial charge in [0.2, 0.25) is 0 Å². The number of hydrogen-bond acceptors (Lipinski definition) is 3. The number of nitrogens with one attached hydrogen (secondary N) is 1. The molecule has 0 saturated carbocycles. The van der Waals surface area contributed by atoms with Gasteiger partial charge in [0, 0.05) is 10.7 Å². The fourth-order valence-corrected chi connectivity index (χ4v) is 1.72. The average molecular weight is 327 g/mol. The van der Waals surface area contributed by atoms with E-state index in [1.807, 2.05) is 13.0 Å². The van der Waals surface area contributed by atoms with Gasteiger partial charge in [-0.1, -0.05) is 17.7 Å². The van der Waals surface area contributed by atoms with Crippen LogP contribution in [0.15, 0.2) is 35.2 Å². The monoisotopic (exact) mass is 325 g/mol. The Morgan fingerprint density at radius 1 is 1.33 bits per heavy atom. The smallest absolute Gasteiger partial charge is 0.275 e. The minimum absolute atomic E-state index is 0.248. The van der Waals surface area contributed by atoms with Gasteiger partial charge in [-0.2, -0.15) is 0 Å². The Morgan fingerprint density at radius 2 is 2.11 bits per heavy atom. The standard InChI is InChI=1S/C12H9BrClN3O/c1-7-2-3-8(14)4-9(7)17-12(18)10-5-16-11(13)6-15-10/h2-6H,1H3,(H,17,18). The molecule has 0 fully saturated rings. The lowest BCUT2D eigenvalue weighted by molar-refractivity contribution is 0.102. The molecule has 0 atom stereocenters. The SMILES string of the molecule is Cc1ccc(Cl)cc1NC(=O)c1cnc(Br)cn1. The highest BCUT2D eigenvalue weighted by molar-refractivity contribution is 9.10. The first-order valence-electron chi connectivity index (χ1n) is 5.11. The topological polar surface area (TPSA) is 54.9 Å². The van der Waals surface area contributed by atoms with Gasteiger partial charge >= 0.3 is 0 Å². The second-order valence-electron chi connectivity index (χ2n) is 3.64.